The summed E-state index contributed by atoms with van der Waals surface area (Å²) in [5.41, 5.74) is 3.12. The van der Waals surface area contributed by atoms with E-state index in [0.717, 1.165) is 24.2 Å². The summed E-state index contributed by atoms with van der Waals surface area (Å²) in [7, 11) is 6.76. The zero-order chi connectivity index (χ0) is 20.5. The Kier molecular flexibility index (Phi) is 8.14. The van der Waals surface area contributed by atoms with Crippen LogP contribution in [0.3, 0.4) is 0 Å². The molecule has 0 spiro atoms. The van der Waals surface area contributed by atoms with Crippen LogP contribution in [0.1, 0.15) is 23.6 Å². The molecule has 0 aliphatic rings. The van der Waals surface area contributed by atoms with E-state index in [-0.39, 0.29) is 12.3 Å². The van der Waals surface area contributed by atoms with Gasteiger partial charge >= 0.3 is 0 Å². The molecule has 0 fully saturated rings. The molecule has 28 heavy (non-hydrogen) atoms. The Bertz CT molecular complexity index is 767. The molecule has 0 heterocycles. The molecule has 0 aromatic heterocycles. The third kappa shape index (κ3) is 5.89. The number of rotatable bonds is 10. The summed E-state index contributed by atoms with van der Waals surface area (Å²) < 4.78 is 16.0. The van der Waals surface area contributed by atoms with Crippen molar-refractivity contribution in [2.75, 3.05) is 34.9 Å². The highest BCUT2D eigenvalue weighted by Crippen LogP contribution is 2.38. The summed E-state index contributed by atoms with van der Waals surface area (Å²) in [6, 6.07) is 11.9. The molecule has 0 bridgehead atoms. The minimum atomic E-state index is -0.0645. The van der Waals surface area contributed by atoms with E-state index in [1.165, 1.54) is 5.56 Å². The van der Waals surface area contributed by atoms with E-state index < -0.39 is 0 Å². The fourth-order valence-corrected chi connectivity index (χ4v) is 2.95. The van der Waals surface area contributed by atoms with E-state index in [1.807, 2.05) is 12.1 Å². The summed E-state index contributed by atoms with van der Waals surface area (Å²) in [4.78, 5) is 14.7. The zero-order valence-electron chi connectivity index (χ0n) is 17.4. The van der Waals surface area contributed by atoms with Crippen molar-refractivity contribution in [3.63, 3.8) is 0 Å². The predicted octanol–water partition coefficient (Wildman–Crippen LogP) is 3.02. The van der Waals surface area contributed by atoms with Gasteiger partial charge in [-0.2, -0.15) is 0 Å². The van der Waals surface area contributed by atoms with Crippen molar-refractivity contribution in [3.05, 3.63) is 53.1 Å². The second-order valence-corrected chi connectivity index (χ2v) is 6.64. The van der Waals surface area contributed by atoms with Crippen molar-refractivity contribution in [1.82, 2.24) is 10.2 Å². The summed E-state index contributed by atoms with van der Waals surface area (Å²) in [5.74, 6) is 1.53. The SMILES string of the molecule is CCN(C)Cc1cccc(CNC(=O)Cc2cc(OC)c(OC)c(OC)c2)c1. The van der Waals surface area contributed by atoms with Crippen LogP contribution in [0.15, 0.2) is 36.4 Å². The van der Waals surface area contributed by atoms with Crippen molar-refractivity contribution < 1.29 is 19.0 Å². The maximum Gasteiger partial charge on any atom is 0.224 e. The summed E-state index contributed by atoms with van der Waals surface area (Å²) >= 11 is 0. The van der Waals surface area contributed by atoms with Crippen LogP contribution in [0.5, 0.6) is 17.2 Å². The summed E-state index contributed by atoms with van der Waals surface area (Å²) in [6.07, 6.45) is 0.231. The van der Waals surface area contributed by atoms with E-state index in [9.17, 15) is 4.79 Å². The molecule has 0 aliphatic heterocycles. The molecular weight excluding hydrogens is 356 g/mol. The number of benzene rings is 2. The molecule has 0 saturated heterocycles. The smallest absolute Gasteiger partial charge is 0.224 e. The molecule has 2 rings (SSSR count). The van der Waals surface area contributed by atoms with Crippen LogP contribution in [0, 0.1) is 0 Å². The van der Waals surface area contributed by atoms with Gasteiger partial charge in [0.1, 0.15) is 0 Å². The van der Waals surface area contributed by atoms with Crippen LogP contribution in [0.25, 0.3) is 0 Å². The number of carbonyl (C=O) groups is 1. The van der Waals surface area contributed by atoms with Crippen LogP contribution in [0.2, 0.25) is 0 Å². The lowest BCUT2D eigenvalue weighted by Gasteiger charge is -2.15. The average Bonchev–Trinajstić information content (AvgIpc) is 2.71. The monoisotopic (exact) mass is 386 g/mol. The van der Waals surface area contributed by atoms with Gasteiger partial charge in [0.25, 0.3) is 0 Å². The number of nitrogens with one attached hydrogen (secondary N) is 1. The van der Waals surface area contributed by atoms with Gasteiger partial charge in [0.15, 0.2) is 11.5 Å². The van der Waals surface area contributed by atoms with E-state index in [2.05, 4.69) is 36.3 Å². The molecule has 0 aliphatic carbocycles. The quantitative estimate of drug-likeness (QED) is 0.680. The van der Waals surface area contributed by atoms with E-state index in [4.69, 9.17) is 14.2 Å². The van der Waals surface area contributed by atoms with Gasteiger partial charge in [-0.05, 0) is 42.4 Å². The number of hydrogen-bond acceptors (Lipinski definition) is 5. The fourth-order valence-electron chi connectivity index (χ4n) is 2.95. The number of carbonyl (C=O) groups excluding carboxylic acids is 1. The summed E-state index contributed by atoms with van der Waals surface area (Å²) in [5, 5.41) is 2.98. The van der Waals surface area contributed by atoms with Gasteiger partial charge < -0.3 is 24.4 Å². The Hall–Kier alpha value is -2.73. The molecule has 6 nitrogen and oxygen atoms in total. The molecule has 1 N–H and O–H groups in total. The first kappa shape index (κ1) is 21.6. The first-order valence-corrected chi connectivity index (χ1v) is 9.32. The van der Waals surface area contributed by atoms with Gasteiger partial charge in [-0.3, -0.25) is 4.79 Å². The Morgan fingerprint density at radius 1 is 0.964 bits per heavy atom. The molecule has 2 aromatic carbocycles. The van der Waals surface area contributed by atoms with Gasteiger partial charge in [-0.1, -0.05) is 31.2 Å². The Morgan fingerprint density at radius 3 is 2.18 bits per heavy atom. The highest BCUT2D eigenvalue weighted by Gasteiger charge is 2.15. The molecule has 152 valence electrons. The van der Waals surface area contributed by atoms with Gasteiger partial charge in [0.05, 0.1) is 27.8 Å². The van der Waals surface area contributed by atoms with Gasteiger partial charge in [0, 0.05) is 13.1 Å². The van der Waals surface area contributed by atoms with Crippen molar-refractivity contribution >= 4 is 5.91 Å². The topological polar surface area (TPSA) is 60.0 Å². The molecule has 0 unspecified atom stereocenters. The first-order valence-electron chi connectivity index (χ1n) is 9.32. The van der Waals surface area contributed by atoms with Crippen molar-refractivity contribution in [3.8, 4) is 17.2 Å². The van der Waals surface area contributed by atoms with Gasteiger partial charge in [-0.15, -0.1) is 0 Å². The standard InChI is InChI=1S/C22H30N2O4/c1-6-24(2)15-17-9-7-8-16(10-17)14-23-21(25)13-18-11-19(26-3)22(28-5)20(12-18)27-4/h7-12H,6,13-15H2,1-5H3,(H,23,25). The molecule has 0 radical (unpaired) electrons. The molecule has 0 atom stereocenters. The lowest BCUT2D eigenvalue weighted by molar-refractivity contribution is -0.120. The van der Waals surface area contributed by atoms with Crippen LogP contribution < -0.4 is 19.5 Å². The zero-order valence-corrected chi connectivity index (χ0v) is 17.4. The van der Waals surface area contributed by atoms with Crippen molar-refractivity contribution in [2.24, 2.45) is 0 Å². The normalized spacial score (nSPS) is 10.6. The number of amides is 1. The summed E-state index contributed by atoms with van der Waals surface area (Å²) in [6.45, 7) is 4.51. The molecule has 2 aromatic rings. The molecule has 1 amide bonds. The van der Waals surface area contributed by atoms with E-state index in [1.54, 1.807) is 33.5 Å². The maximum atomic E-state index is 12.4. The van der Waals surface area contributed by atoms with Crippen molar-refractivity contribution in [2.45, 2.75) is 26.4 Å². The number of methoxy groups -OCH3 is 3. The predicted molar refractivity (Wildman–Crippen MR) is 110 cm³/mol. The molecule has 6 heteroatoms. The van der Waals surface area contributed by atoms with Crippen LogP contribution in [-0.2, 0) is 24.3 Å². The average molecular weight is 386 g/mol. The Balaban J connectivity index is 2.00. The van der Waals surface area contributed by atoms with Crippen LogP contribution in [0.4, 0.5) is 0 Å². The third-order valence-corrected chi connectivity index (χ3v) is 4.56. The van der Waals surface area contributed by atoms with Gasteiger partial charge in [-0.25, -0.2) is 0 Å². The van der Waals surface area contributed by atoms with Crippen LogP contribution in [-0.4, -0.2) is 45.7 Å². The highest BCUT2D eigenvalue weighted by atomic mass is 16.5. The molecule has 0 saturated carbocycles. The number of hydrogen-bond donors (Lipinski definition) is 1. The highest BCUT2D eigenvalue weighted by molar-refractivity contribution is 5.79. The second kappa shape index (κ2) is 10.6. The molecular formula is C22H30N2O4. The lowest BCUT2D eigenvalue weighted by Crippen LogP contribution is -2.24. The first-order chi connectivity index (χ1) is 13.5. The maximum absolute atomic E-state index is 12.4. The Labute approximate surface area is 167 Å². The Morgan fingerprint density at radius 2 is 1.61 bits per heavy atom. The number of ether oxygens (including phenoxy) is 3. The minimum absolute atomic E-state index is 0.0645. The number of nitrogens with zero attached hydrogens (tertiary/aromatic N) is 1. The third-order valence-electron chi connectivity index (χ3n) is 4.56. The fraction of sp³-hybridized carbons (Fsp3) is 0.409. The van der Waals surface area contributed by atoms with E-state index >= 15 is 0 Å². The largest absolute Gasteiger partial charge is 0.493 e. The van der Waals surface area contributed by atoms with Gasteiger partial charge in [0.2, 0.25) is 11.7 Å². The second-order valence-electron chi connectivity index (χ2n) is 6.64. The lowest BCUT2D eigenvalue weighted by atomic mass is 10.1. The van der Waals surface area contributed by atoms with Crippen molar-refractivity contribution in [1.29, 1.82) is 0 Å². The van der Waals surface area contributed by atoms with Crippen LogP contribution >= 0.6 is 0 Å². The van der Waals surface area contributed by atoms with E-state index in [0.29, 0.717) is 23.8 Å². The minimum Gasteiger partial charge on any atom is -0.493 e.